The number of anilines is 2. The van der Waals surface area contributed by atoms with E-state index >= 15 is 0 Å². The highest BCUT2D eigenvalue weighted by Gasteiger charge is 2.24. The number of rotatable bonds is 4. The minimum absolute atomic E-state index is 0.751. The lowest BCUT2D eigenvalue weighted by atomic mass is 10.2. The van der Waals surface area contributed by atoms with Crippen LogP contribution < -0.4 is 15.5 Å². The van der Waals surface area contributed by atoms with Crippen LogP contribution in [0.2, 0.25) is 0 Å². The van der Waals surface area contributed by atoms with Gasteiger partial charge in [0.15, 0.2) is 0 Å². The highest BCUT2D eigenvalue weighted by Crippen LogP contribution is 2.36. The predicted octanol–water partition coefficient (Wildman–Crippen LogP) is 3.17. The van der Waals surface area contributed by atoms with E-state index in [4.69, 9.17) is 0 Å². The molecule has 4 rings (SSSR count). The van der Waals surface area contributed by atoms with Crippen molar-refractivity contribution < 1.29 is 0 Å². The van der Waals surface area contributed by atoms with Crippen molar-refractivity contribution in [1.29, 1.82) is 0 Å². The standard InChI is InChI=1S/C20H25BrN3P/c1-2-22-9-11-23(12-10-22)13-14-24-17-5-3-4-6-19(17)25-20-8-7-16(21)15-18(20)24/h3-8,15,25H,2,9-14H2,1H3. The lowest BCUT2D eigenvalue weighted by Crippen LogP contribution is -2.48. The minimum Gasteiger partial charge on any atom is -0.339 e. The maximum absolute atomic E-state index is 3.66. The van der Waals surface area contributed by atoms with Gasteiger partial charge in [-0.25, -0.2) is 0 Å². The molecule has 0 radical (unpaired) electrons. The first-order valence-corrected chi connectivity index (χ1v) is 10.9. The fourth-order valence-electron chi connectivity index (χ4n) is 3.73. The van der Waals surface area contributed by atoms with Crippen LogP contribution in [0.25, 0.3) is 0 Å². The van der Waals surface area contributed by atoms with Crippen LogP contribution in [0.5, 0.6) is 0 Å². The van der Waals surface area contributed by atoms with Gasteiger partial charge in [-0.15, -0.1) is 0 Å². The zero-order valence-corrected chi connectivity index (χ0v) is 17.3. The summed E-state index contributed by atoms with van der Waals surface area (Å²) in [5, 5.41) is 2.92. The van der Waals surface area contributed by atoms with E-state index in [1.54, 1.807) is 0 Å². The third-order valence-corrected chi connectivity index (χ3v) is 7.14. The smallest absolute Gasteiger partial charge is 0.0501 e. The molecule has 2 aliphatic heterocycles. The van der Waals surface area contributed by atoms with Gasteiger partial charge in [-0.3, -0.25) is 4.90 Å². The molecule has 2 aliphatic rings. The lowest BCUT2D eigenvalue weighted by molar-refractivity contribution is 0.140. The molecule has 0 spiro atoms. The summed E-state index contributed by atoms with van der Waals surface area (Å²) >= 11 is 3.66. The molecule has 25 heavy (non-hydrogen) atoms. The lowest BCUT2D eigenvalue weighted by Gasteiger charge is -2.38. The Bertz CT molecular complexity index is 743. The highest BCUT2D eigenvalue weighted by molar-refractivity contribution is 9.10. The molecule has 3 nitrogen and oxygen atoms in total. The van der Waals surface area contributed by atoms with Gasteiger partial charge in [0, 0.05) is 60.0 Å². The SMILES string of the molecule is CCN1CCN(CCN2c3ccccc3Pc3ccc(Br)cc32)CC1. The van der Waals surface area contributed by atoms with E-state index in [0.717, 1.165) is 26.1 Å². The molecular weight excluding hydrogens is 393 g/mol. The summed E-state index contributed by atoms with van der Waals surface area (Å²) in [4.78, 5) is 7.68. The molecule has 132 valence electrons. The summed E-state index contributed by atoms with van der Waals surface area (Å²) in [5.74, 6) is 0. The maximum atomic E-state index is 3.66. The molecular formula is C20H25BrN3P. The first-order valence-electron chi connectivity index (χ1n) is 9.12. The van der Waals surface area contributed by atoms with Crippen molar-refractivity contribution in [2.24, 2.45) is 0 Å². The largest absolute Gasteiger partial charge is 0.339 e. The predicted molar refractivity (Wildman–Crippen MR) is 114 cm³/mol. The number of hydrogen-bond donors (Lipinski definition) is 0. The van der Waals surface area contributed by atoms with Gasteiger partial charge in [0.25, 0.3) is 0 Å². The third kappa shape index (κ3) is 3.78. The second-order valence-corrected chi connectivity index (χ2v) is 8.97. The Kier molecular flexibility index (Phi) is 5.42. The molecule has 0 aliphatic carbocycles. The Morgan fingerprint density at radius 1 is 0.880 bits per heavy atom. The van der Waals surface area contributed by atoms with Crippen LogP contribution in [0.15, 0.2) is 46.9 Å². The number of benzene rings is 2. The molecule has 0 aromatic heterocycles. The molecule has 0 saturated carbocycles. The van der Waals surface area contributed by atoms with Gasteiger partial charge in [-0.1, -0.05) is 55.7 Å². The Hall–Kier alpha value is -0.930. The van der Waals surface area contributed by atoms with Crippen molar-refractivity contribution in [2.45, 2.75) is 6.92 Å². The zero-order chi connectivity index (χ0) is 17.2. The summed E-state index contributed by atoms with van der Waals surface area (Å²) in [6.45, 7) is 10.4. The normalized spacial score (nSPS) is 19.0. The van der Waals surface area contributed by atoms with Crippen molar-refractivity contribution in [1.82, 2.24) is 9.80 Å². The van der Waals surface area contributed by atoms with Crippen LogP contribution in [-0.2, 0) is 0 Å². The van der Waals surface area contributed by atoms with Crippen molar-refractivity contribution >= 4 is 46.5 Å². The summed E-state index contributed by atoms with van der Waals surface area (Å²) in [7, 11) is 0.751. The molecule has 2 aromatic rings. The number of fused-ring (bicyclic) bond motifs is 2. The van der Waals surface area contributed by atoms with Crippen molar-refractivity contribution in [3.8, 4) is 0 Å². The Balaban J connectivity index is 1.53. The molecule has 0 amide bonds. The summed E-state index contributed by atoms with van der Waals surface area (Å²) < 4.78 is 1.16. The molecule has 1 fully saturated rings. The number of halogens is 1. The van der Waals surface area contributed by atoms with Crippen LogP contribution >= 0.6 is 24.5 Å². The van der Waals surface area contributed by atoms with E-state index in [1.165, 1.54) is 54.7 Å². The van der Waals surface area contributed by atoms with Gasteiger partial charge in [-0.2, -0.15) is 0 Å². The quantitative estimate of drug-likeness (QED) is 0.707. The molecule has 2 aromatic carbocycles. The number of para-hydroxylation sites is 1. The fourth-order valence-corrected chi connectivity index (χ4v) is 5.40. The summed E-state index contributed by atoms with van der Waals surface area (Å²) in [6.07, 6.45) is 0. The van der Waals surface area contributed by atoms with Crippen LogP contribution in [-0.4, -0.2) is 55.6 Å². The number of likely N-dealkylation sites (N-methyl/N-ethyl adjacent to an activating group) is 1. The van der Waals surface area contributed by atoms with E-state index in [1.807, 2.05) is 0 Å². The first kappa shape index (κ1) is 17.5. The minimum atomic E-state index is 0.751. The van der Waals surface area contributed by atoms with Crippen LogP contribution in [0.4, 0.5) is 11.4 Å². The van der Waals surface area contributed by atoms with E-state index in [9.17, 15) is 0 Å². The second kappa shape index (κ2) is 7.75. The van der Waals surface area contributed by atoms with Crippen LogP contribution in [0.3, 0.4) is 0 Å². The Morgan fingerprint density at radius 3 is 2.40 bits per heavy atom. The number of piperazine rings is 1. The van der Waals surface area contributed by atoms with Crippen LogP contribution in [0.1, 0.15) is 6.92 Å². The topological polar surface area (TPSA) is 9.72 Å². The first-order chi connectivity index (χ1) is 12.2. The molecule has 5 heteroatoms. The van der Waals surface area contributed by atoms with Gasteiger partial charge in [0.05, 0.1) is 5.69 Å². The van der Waals surface area contributed by atoms with E-state index < -0.39 is 0 Å². The van der Waals surface area contributed by atoms with Crippen molar-refractivity contribution in [3.63, 3.8) is 0 Å². The third-order valence-electron chi connectivity index (χ3n) is 5.27. The van der Waals surface area contributed by atoms with Gasteiger partial charge in [0.2, 0.25) is 0 Å². The van der Waals surface area contributed by atoms with Gasteiger partial charge >= 0.3 is 0 Å². The van der Waals surface area contributed by atoms with Crippen molar-refractivity contribution in [2.75, 3.05) is 50.7 Å². The number of nitrogens with zero attached hydrogens (tertiary/aromatic N) is 3. The summed E-state index contributed by atoms with van der Waals surface area (Å²) in [5.41, 5.74) is 2.76. The zero-order valence-electron chi connectivity index (χ0n) is 14.7. The molecule has 1 atom stereocenters. The molecule has 2 heterocycles. The summed E-state index contributed by atoms with van der Waals surface area (Å²) in [6, 6.07) is 15.6. The van der Waals surface area contributed by atoms with Gasteiger partial charge in [-0.05, 0) is 24.7 Å². The monoisotopic (exact) mass is 417 g/mol. The van der Waals surface area contributed by atoms with Crippen molar-refractivity contribution in [3.05, 3.63) is 46.9 Å². The van der Waals surface area contributed by atoms with E-state index in [-0.39, 0.29) is 0 Å². The molecule has 1 unspecified atom stereocenters. The van der Waals surface area contributed by atoms with E-state index in [0.29, 0.717) is 0 Å². The number of hydrogen-bond acceptors (Lipinski definition) is 3. The average molecular weight is 418 g/mol. The molecule has 0 bridgehead atoms. The van der Waals surface area contributed by atoms with Gasteiger partial charge < -0.3 is 9.80 Å². The highest BCUT2D eigenvalue weighted by atomic mass is 79.9. The second-order valence-electron chi connectivity index (χ2n) is 6.73. The molecule has 1 saturated heterocycles. The van der Waals surface area contributed by atoms with Crippen LogP contribution in [0, 0.1) is 0 Å². The Morgan fingerprint density at radius 2 is 1.60 bits per heavy atom. The molecule has 0 N–H and O–H groups in total. The van der Waals surface area contributed by atoms with Gasteiger partial charge in [0.1, 0.15) is 0 Å². The maximum Gasteiger partial charge on any atom is 0.0501 e. The average Bonchev–Trinajstić information content (AvgIpc) is 2.66. The van der Waals surface area contributed by atoms with E-state index in [2.05, 4.69) is 80.0 Å². The fraction of sp³-hybridized carbons (Fsp3) is 0.400. The Labute approximate surface area is 160 Å².